The Morgan fingerprint density at radius 1 is 0.840 bits per heavy atom. The molecule has 3 N–H and O–H groups in total. The predicted molar refractivity (Wildman–Crippen MR) is 198 cm³/mol. The molecule has 0 saturated carbocycles. The van der Waals surface area contributed by atoms with E-state index in [9.17, 15) is 14.4 Å². The number of ether oxygens (including phenoxy) is 4. The molecule has 1 atom stereocenters. The van der Waals surface area contributed by atoms with Gasteiger partial charge >= 0.3 is 0 Å². The number of thioether (sulfide) groups is 1. The van der Waals surface area contributed by atoms with Crippen LogP contribution in [0.15, 0.2) is 95.5 Å². The zero-order valence-corrected chi connectivity index (χ0v) is 29.7. The van der Waals surface area contributed by atoms with Gasteiger partial charge in [-0.2, -0.15) is 0 Å². The smallest absolute Gasteiger partial charge is 0.272 e. The van der Waals surface area contributed by atoms with E-state index in [1.165, 1.54) is 50.5 Å². The van der Waals surface area contributed by atoms with Gasteiger partial charge in [0, 0.05) is 16.1 Å². The van der Waals surface area contributed by atoms with Gasteiger partial charge in [-0.15, -0.1) is 11.8 Å². The summed E-state index contributed by atoms with van der Waals surface area (Å²) in [7, 11) is 6.08. The van der Waals surface area contributed by atoms with Gasteiger partial charge in [-0.05, 0) is 78.7 Å². The molecule has 0 bridgehead atoms. The highest BCUT2D eigenvalue weighted by Gasteiger charge is 2.21. The Morgan fingerprint density at radius 2 is 1.58 bits per heavy atom. The summed E-state index contributed by atoms with van der Waals surface area (Å²) in [6.07, 6.45) is 2.08. The molecule has 1 heterocycles. The van der Waals surface area contributed by atoms with Crippen molar-refractivity contribution in [3.05, 3.63) is 102 Å². The summed E-state index contributed by atoms with van der Waals surface area (Å²) < 4.78 is 22.6. The number of hydrogen-bond acceptors (Lipinski definition) is 10. The summed E-state index contributed by atoms with van der Waals surface area (Å²) in [6, 6.07) is 24.6. The normalized spacial score (nSPS) is 11.7. The molecule has 11 nitrogen and oxygen atoms in total. The molecule has 0 aliphatic rings. The number of aromatic nitrogens is 1. The Labute approximate surface area is 298 Å². The first-order valence-electron chi connectivity index (χ1n) is 15.5. The van der Waals surface area contributed by atoms with Crippen LogP contribution in [-0.4, -0.2) is 56.4 Å². The fourth-order valence-electron chi connectivity index (χ4n) is 4.90. The maximum atomic E-state index is 13.8. The molecule has 0 fully saturated rings. The van der Waals surface area contributed by atoms with Crippen LogP contribution in [0.3, 0.4) is 0 Å². The average molecular weight is 713 g/mol. The molecular weight excluding hydrogens is 677 g/mol. The lowest BCUT2D eigenvalue weighted by atomic mass is 10.1. The summed E-state index contributed by atoms with van der Waals surface area (Å²) in [5.74, 6) is 0.660. The van der Waals surface area contributed by atoms with E-state index in [4.69, 9.17) is 18.9 Å². The molecule has 1 aromatic heterocycles. The molecule has 258 valence electrons. The first-order valence-corrected chi connectivity index (χ1v) is 17.2. The number of benzene rings is 4. The second kappa shape index (κ2) is 16.7. The number of fused-ring (bicyclic) bond motifs is 1. The fourth-order valence-corrected chi connectivity index (χ4v) is 6.81. The Kier molecular flexibility index (Phi) is 12.0. The van der Waals surface area contributed by atoms with Crippen LogP contribution in [0.2, 0.25) is 0 Å². The molecule has 5 aromatic rings. The molecule has 0 aliphatic carbocycles. The highest BCUT2D eigenvalue weighted by atomic mass is 32.2. The third-order valence-corrected chi connectivity index (χ3v) is 9.68. The first-order chi connectivity index (χ1) is 24.2. The van der Waals surface area contributed by atoms with E-state index in [2.05, 4.69) is 20.9 Å². The van der Waals surface area contributed by atoms with Crippen LogP contribution in [0.5, 0.6) is 23.0 Å². The Morgan fingerprint density at radius 3 is 2.24 bits per heavy atom. The summed E-state index contributed by atoms with van der Waals surface area (Å²) in [6.45, 7) is 1.93. The van der Waals surface area contributed by atoms with Gasteiger partial charge in [0.15, 0.2) is 16.6 Å². The van der Waals surface area contributed by atoms with Gasteiger partial charge in [-0.25, -0.2) is 4.98 Å². The lowest BCUT2D eigenvalue weighted by Crippen LogP contribution is -2.30. The minimum absolute atomic E-state index is 0.0227. The molecule has 0 aliphatic heterocycles. The van der Waals surface area contributed by atoms with Crippen LogP contribution in [0, 0.1) is 0 Å². The molecule has 0 radical (unpaired) electrons. The summed E-state index contributed by atoms with van der Waals surface area (Å²) in [5.41, 5.74) is 2.12. The van der Waals surface area contributed by atoms with Crippen molar-refractivity contribution >= 4 is 67.9 Å². The standard InChI is InChI=1S/C37H36N4O7S2/c1-6-31(36(44)41-37-40-27-16-15-25(45-2)21-32(27)50-37)49-26-14-10-13-24(20-26)38-35(43)28(39-34(42)23-11-8-7-9-12-23)17-22-18-29(46-3)33(48-5)30(19-22)47-4/h7-21,31H,6H2,1-5H3,(H,38,43)(H,39,42)(H,40,41,44)/b28-17+. The summed E-state index contributed by atoms with van der Waals surface area (Å²) in [4.78, 5) is 45.5. The Hall–Kier alpha value is -5.53. The second-order valence-electron chi connectivity index (χ2n) is 10.7. The number of nitrogens with one attached hydrogen (secondary N) is 3. The monoisotopic (exact) mass is 712 g/mol. The van der Waals surface area contributed by atoms with Crippen LogP contribution in [0.25, 0.3) is 16.3 Å². The molecule has 13 heteroatoms. The molecular formula is C37H36N4O7S2. The van der Waals surface area contributed by atoms with Crippen molar-refractivity contribution in [2.75, 3.05) is 39.1 Å². The number of nitrogens with zero attached hydrogens (tertiary/aromatic N) is 1. The van der Waals surface area contributed by atoms with Crippen LogP contribution >= 0.6 is 23.1 Å². The first kappa shape index (κ1) is 35.8. The fraction of sp³-hybridized carbons (Fsp3) is 0.189. The number of anilines is 2. The van der Waals surface area contributed by atoms with E-state index < -0.39 is 17.1 Å². The zero-order chi connectivity index (χ0) is 35.6. The quantitative estimate of drug-likeness (QED) is 0.0803. The number of methoxy groups -OCH3 is 4. The lowest BCUT2D eigenvalue weighted by Gasteiger charge is -2.16. The lowest BCUT2D eigenvalue weighted by molar-refractivity contribution is -0.116. The van der Waals surface area contributed by atoms with Gasteiger partial charge in [0.05, 0.1) is 43.9 Å². The van der Waals surface area contributed by atoms with E-state index >= 15 is 0 Å². The van der Waals surface area contributed by atoms with Crippen molar-refractivity contribution in [1.82, 2.24) is 10.3 Å². The van der Waals surface area contributed by atoms with Crippen LogP contribution < -0.4 is 34.9 Å². The highest BCUT2D eigenvalue weighted by Crippen LogP contribution is 2.39. The van der Waals surface area contributed by atoms with Crippen molar-refractivity contribution in [2.45, 2.75) is 23.5 Å². The number of amides is 3. The molecule has 0 spiro atoms. The third kappa shape index (κ3) is 8.73. The SMILES string of the molecule is CCC(Sc1cccc(NC(=O)/C(=C\c2cc(OC)c(OC)c(OC)c2)NC(=O)c2ccccc2)c1)C(=O)Nc1nc2ccc(OC)cc2s1. The molecule has 5 rings (SSSR count). The topological polar surface area (TPSA) is 137 Å². The maximum absolute atomic E-state index is 13.8. The van der Waals surface area contributed by atoms with E-state index in [0.717, 1.165) is 20.9 Å². The van der Waals surface area contributed by atoms with Gasteiger partial charge in [-0.3, -0.25) is 14.4 Å². The second-order valence-corrected chi connectivity index (χ2v) is 13.0. The summed E-state index contributed by atoms with van der Waals surface area (Å²) >= 11 is 2.75. The van der Waals surface area contributed by atoms with E-state index in [1.807, 2.05) is 31.2 Å². The molecule has 3 amide bonds. The number of hydrogen-bond donors (Lipinski definition) is 3. The van der Waals surface area contributed by atoms with Crippen LogP contribution in [0.1, 0.15) is 29.3 Å². The zero-order valence-electron chi connectivity index (χ0n) is 28.1. The third-order valence-electron chi connectivity index (χ3n) is 7.39. The van der Waals surface area contributed by atoms with Crippen LogP contribution in [0.4, 0.5) is 10.8 Å². The van der Waals surface area contributed by atoms with Crippen molar-refractivity contribution in [2.24, 2.45) is 0 Å². The largest absolute Gasteiger partial charge is 0.497 e. The molecule has 1 unspecified atom stereocenters. The van der Waals surface area contributed by atoms with E-state index in [1.54, 1.807) is 67.8 Å². The molecule has 4 aromatic carbocycles. The van der Waals surface area contributed by atoms with Gasteiger partial charge in [-0.1, -0.05) is 42.5 Å². The number of rotatable bonds is 14. The van der Waals surface area contributed by atoms with Gasteiger partial charge in [0.1, 0.15) is 11.4 Å². The molecule has 50 heavy (non-hydrogen) atoms. The molecule has 0 saturated heterocycles. The maximum Gasteiger partial charge on any atom is 0.272 e. The minimum atomic E-state index is -0.567. The number of carbonyl (C=O) groups excluding carboxylic acids is 3. The van der Waals surface area contributed by atoms with Crippen molar-refractivity contribution < 1.29 is 33.3 Å². The number of carbonyl (C=O) groups is 3. The van der Waals surface area contributed by atoms with E-state index in [0.29, 0.717) is 45.6 Å². The van der Waals surface area contributed by atoms with E-state index in [-0.39, 0.29) is 11.6 Å². The Bertz CT molecular complexity index is 2010. The predicted octanol–water partition coefficient (Wildman–Crippen LogP) is 7.25. The number of thiazole rings is 1. The van der Waals surface area contributed by atoms with Gasteiger partial charge < -0.3 is 34.9 Å². The minimum Gasteiger partial charge on any atom is -0.497 e. The summed E-state index contributed by atoms with van der Waals surface area (Å²) in [5, 5.41) is 8.64. The Balaban J connectivity index is 1.35. The average Bonchev–Trinajstić information content (AvgIpc) is 3.54. The van der Waals surface area contributed by atoms with Crippen molar-refractivity contribution in [1.29, 1.82) is 0 Å². The van der Waals surface area contributed by atoms with Crippen molar-refractivity contribution in [3.8, 4) is 23.0 Å². The highest BCUT2D eigenvalue weighted by molar-refractivity contribution is 8.00. The van der Waals surface area contributed by atoms with Gasteiger partial charge in [0.25, 0.3) is 11.8 Å². The van der Waals surface area contributed by atoms with Gasteiger partial charge in [0.2, 0.25) is 11.7 Å². The van der Waals surface area contributed by atoms with Crippen LogP contribution in [-0.2, 0) is 9.59 Å². The van der Waals surface area contributed by atoms with Crippen molar-refractivity contribution in [3.63, 3.8) is 0 Å².